The molecule has 21 heavy (non-hydrogen) atoms. The van der Waals surface area contributed by atoms with E-state index >= 15 is 0 Å². The highest BCUT2D eigenvalue weighted by molar-refractivity contribution is 9.10. The van der Waals surface area contributed by atoms with Gasteiger partial charge in [0.2, 0.25) is 0 Å². The van der Waals surface area contributed by atoms with Crippen molar-refractivity contribution in [2.45, 2.75) is 38.6 Å². The molecule has 1 N–H and O–H groups in total. The number of furan rings is 1. The molecule has 0 spiro atoms. The first kappa shape index (κ1) is 16.2. The van der Waals surface area contributed by atoms with Crippen molar-refractivity contribution in [1.82, 2.24) is 5.32 Å². The monoisotopic (exact) mass is 353 g/mol. The van der Waals surface area contributed by atoms with E-state index in [1.165, 1.54) is 6.07 Å². The molecule has 4 heteroatoms. The molecule has 0 saturated heterocycles. The topological polar surface area (TPSA) is 25.2 Å². The Hall–Kier alpha value is -1.13. The van der Waals surface area contributed by atoms with E-state index in [1.807, 2.05) is 12.1 Å². The molecule has 1 atom stereocenters. The van der Waals surface area contributed by atoms with E-state index in [4.69, 9.17) is 4.42 Å². The summed E-state index contributed by atoms with van der Waals surface area (Å²) in [5.41, 5.74) is 1.00. The molecule has 0 saturated carbocycles. The van der Waals surface area contributed by atoms with Gasteiger partial charge in [-0.1, -0.05) is 22.9 Å². The minimum absolute atomic E-state index is 0.187. The fourth-order valence-corrected chi connectivity index (χ4v) is 2.77. The van der Waals surface area contributed by atoms with Crippen LogP contribution in [0.25, 0.3) is 0 Å². The fraction of sp³-hybridized carbons (Fsp3) is 0.412. The van der Waals surface area contributed by atoms with E-state index in [9.17, 15) is 4.39 Å². The van der Waals surface area contributed by atoms with Crippen LogP contribution in [0.5, 0.6) is 0 Å². The zero-order valence-electron chi connectivity index (χ0n) is 12.2. The third-order valence-electron chi connectivity index (χ3n) is 3.48. The highest BCUT2D eigenvalue weighted by Gasteiger charge is 2.12. The van der Waals surface area contributed by atoms with Crippen LogP contribution in [0.1, 0.15) is 31.1 Å². The summed E-state index contributed by atoms with van der Waals surface area (Å²) in [5.74, 6) is 0.810. The molecule has 0 aliphatic rings. The summed E-state index contributed by atoms with van der Waals surface area (Å²) in [6, 6.07) is 9.08. The van der Waals surface area contributed by atoms with E-state index in [2.05, 4.69) is 28.2 Å². The molecule has 2 nitrogen and oxygen atoms in total. The van der Waals surface area contributed by atoms with Gasteiger partial charge in [-0.15, -0.1) is 0 Å². The maximum atomic E-state index is 13.4. The second-order valence-corrected chi connectivity index (χ2v) is 6.06. The Bertz CT molecular complexity index is 542. The number of hydrogen-bond acceptors (Lipinski definition) is 2. The summed E-state index contributed by atoms with van der Waals surface area (Å²) in [7, 11) is 0. The third-order valence-corrected chi connectivity index (χ3v) is 4.25. The molecule has 1 heterocycles. The molecule has 0 amide bonds. The summed E-state index contributed by atoms with van der Waals surface area (Å²) in [6.45, 7) is 3.12. The molecule has 0 fully saturated rings. The van der Waals surface area contributed by atoms with Crippen LogP contribution in [0, 0.1) is 5.82 Å². The van der Waals surface area contributed by atoms with Gasteiger partial charge in [0.25, 0.3) is 0 Å². The Kier molecular flexibility index (Phi) is 6.46. The minimum Gasteiger partial charge on any atom is -0.469 e. The molecule has 0 bridgehead atoms. The van der Waals surface area contributed by atoms with E-state index in [1.54, 1.807) is 18.4 Å². The van der Waals surface area contributed by atoms with Crippen molar-refractivity contribution in [1.29, 1.82) is 0 Å². The van der Waals surface area contributed by atoms with Crippen LogP contribution in [0.15, 0.2) is 45.5 Å². The van der Waals surface area contributed by atoms with Crippen LogP contribution >= 0.6 is 15.9 Å². The second kappa shape index (κ2) is 8.35. The number of aryl methyl sites for hydroxylation is 1. The molecule has 2 rings (SSSR count). The van der Waals surface area contributed by atoms with Crippen LogP contribution in [-0.4, -0.2) is 12.6 Å². The molecule has 1 aromatic heterocycles. The van der Waals surface area contributed by atoms with Crippen LogP contribution in [0.2, 0.25) is 0 Å². The van der Waals surface area contributed by atoms with Gasteiger partial charge in [0.05, 0.1) is 6.26 Å². The molecule has 1 unspecified atom stereocenters. The van der Waals surface area contributed by atoms with Crippen molar-refractivity contribution in [3.8, 4) is 0 Å². The highest BCUT2D eigenvalue weighted by Crippen LogP contribution is 2.20. The maximum Gasteiger partial charge on any atom is 0.123 e. The Balaban J connectivity index is 1.99. The van der Waals surface area contributed by atoms with Gasteiger partial charge in [0, 0.05) is 16.9 Å². The Morgan fingerprint density at radius 1 is 1.33 bits per heavy atom. The van der Waals surface area contributed by atoms with Crippen LogP contribution in [-0.2, 0) is 12.8 Å². The zero-order chi connectivity index (χ0) is 15.1. The van der Waals surface area contributed by atoms with Crippen molar-refractivity contribution in [3.05, 3.63) is 58.2 Å². The first-order valence-electron chi connectivity index (χ1n) is 7.38. The van der Waals surface area contributed by atoms with Gasteiger partial charge < -0.3 is 9.73 Å². The van der Waals surface area contributed by atoms with Crippen molar-refractivity contribution in [2.24, 2.45) is 0 Å². The minimum atomic E-state index is -0.187. The largest absolute Gasteiger partial charge is 0.469 e. The summed E-state index contributed by atoms with van der Waals surface area (Å²) < 4.78 is 19.8. The summed E-state index contributed by atoms with van der Waals surface area (Å²) >= 11 is 3.50. The summed E-state index contributed by atoms with van der Waals surface area (Å²) in [6.07, 6.45) is 5.45. The lowest BCUT2D eigenvalue weighted by molar-refractivity contribution is 0.440. The van der Waals surface area contributed by atoms with Crippen molar-refractivity contribution in [2.75, 3.05) is 6.54 Å². The summed E-state index contributed by atoms with van der Waals surface area (Å²) in [5, 5.41) is 3.54. The van der Waals surface area contributed by atoms with Gasteiger partial charge in [0.15, 0.2) is 0 Å². The lowest BCUT2D eigenvalue weighted by Gasteiger charge is -2.19. The molecular weight excluding hydrogens is 333 g/mol. The maximum absolute atomic E-state index is 13.4. The van der Waals surface area contributed by atoms with Crippen LogP contribution < -0.4 is 5.32 Å². The Morgan fingerprint density at radius 2 is 2.19 bits per heavy atom. The van der Waals surface area contributed by atoms with Gasteiger partial charge in [0.1, 0.15) is 11.6 Å². The quantitative estimate of drug-likeness (QED) is 0.742. The second-order valence-electron chi connectivity index (χ2n) is 5.21. The van der Waals surface area contributed by atoms with Gasteiger partial charge in [-0.3, -0.25) is 0 Å². The van der Waals surface area contributed by atoms with E-state index in [0.717, 1.165) is 48.0 Å². The number of hydrogen-bond donors (Lipinski definition) is 1. The molecule has 0 aliphatic carbocycles. The molecule has 114 valence electrons. The molecule has 0 aliphatic heterocycles. The van der Waals surface area contributed by atoms with Crippen molar-refractivity contribution < 1.29 is 8.81 Å². The van der Waals surface area contributed by atoms with E-state index in [0.29, 0.717) is 6.04 Å². The van der Waals surface area contributed by atoms with Crippen LogP contribution in [0.4, 0.5) is 4.39 Å². The molecule has 0 radical (unpaired) electrons. The molecule has 2 aromatic rings. The highest BCUT2D eigenvalue weighted by atomic mass is 79.9. The number of nitrogens with one attached hydrogen (secondary N) is 1. The lowest BCUT2D eigenvalue weighted by Crippen LogP contribution is -2.32. The van der Waals surface area contributed by atoms with Crippen LogP contribution in [0.3, 0.4) is 0 Å². The number of rotatable bonds is 8. The summed E-state index contributed by atoms with van der Waals surface area (Å²) in [4.78, 5) is 0. The first-order chi connectivity index (χ1) is 10.2. The van der Waals surface area contributed by atoms with E-state index in [-0.39, 0.29) is 5.82 Å². The van der Waals surface area contributed by atoms with Crippen molar-refractivity contribution >= 4 is 15.9 Å². The molecule has 1 aromatic carbocycles. The normalized spacial score (nSPS) is 12.5. The zero-order valence-corrected chi connectivity index (χ0v) is 13.8. The predicted molar refractivity (Wildman–Crippen MR) is 86.9 cm³/mol. The predicted octanol–water partition coefficient (Wildman–Crippen LogP) is 4.72. The average molecular weight is 354 g/mol. The lowest BCUT2D eigenvalue weighted by atomic mass is 10.0. The van der Waals surface area contributed by atoms with Crippen molar-refractivity contribution in [3.63, 3.8) is 0 Å². The van der Waals surface area contributed by atoms with Gasteiger partial charge >= 0.3 is 0 Å². The SMILES string of the molecule is CCCNC(CCc1ccco1)Cc1cc(F)ccc1Br. The smallest absolute Gasteiger partial charge is 0.123 e. The Labute approximate surface area is 133 Å². The third kappa shape index (κ3) is 5.29. The Morgan fingerprint density at radius 3 is 2.90 bits per heavy atom. The fourth-order valence-electron chi connectivity index (χ4n) is 2.36. The van der Waals surface area contributed by atoms with Gasteiger partial charge in [-0.25, -0.2) is 4.39 Å². The average Bonchev–Trinajstić information content (AvgIpc) is 2.99. The number of halogens is 2. The standard InChI is InChI=1S/C17H21BrFNO/c1-2-9-20-15(6-7-16-4-3-10-21-16)12-13-11-14(19)5-8-17(13)18/h3-5,8,10-11,15,20H,2,6-7,9,12H2,1H3. The first-order valence-corrected chi connectivity index (χ1v) is 8.18. The van der Waals surface area contributed by atoms with E-state index < -0.39 is 0 Å². The van der Waals surface area contributed by atoms with Gasteiger partial charge in [-0.2, -0.15) is 0 Å². The number of benzene rings is 1. The molecular formula is C17H21BrFNO. The van der Waals surface area contributed by atoms with Gasteiger partial charge in [-0.05, 0) is 61.7 Å².